The molecule has 0 bridgehead atoms. The van der Waals surface area contributed by atoms with Gasteiger partial charge in [0.15, 0.2) is 0 Å². The number of nitrogens with one attached hydrogen (secondary N) is 1. The Kier molecular flexibility index (Phi) is 3.92. The summed E-state index contributed by atoms with van der Waals surface area (Å²) >= 11 is 5.82. The Balaban J connectivity index is 2.03. The van der Waals surface area contributed by atoms with Crippen molar-refractivity contribution in [2.24, 2.45) is 0 Å². The van der Waals surface area contributed by atoms with E-state index >= 15 is 0 Å². The summed E-state index contributed by atoms with van der Waals surface area (Å²) in [6.07, 6.45) is -0.592. The molecule has 2 aromatic carbocycles. The standard InChI is InChI=1S/C14H13ClN2O2/c1-9-5-6-12(8-13(9)16)19-14(18)17-11-4-2-3-10(15)7-11/h2-8H,16H2,1H3,(H,17,18). The van der Waals surface area contributed by atoms with Crippen LogP contribution in [0.5, 0.6) is 5.75 Å². The first kappa shape index (κ1) is 13.2. The zero-order chi connectivity index (χ0) is 13.8. The van der Waals surface area contributed by atoms with Crippen LogP contribution in [0, 0.1) is 6.92 Å². The van der Waals surface area contributed by atoms with Gasteiger partial charge in [-0.1, -0.05) is 23.7 Å². The highest BCUT2D eigenvalue weighted by Gasteiger charge is 2.06. The monoisotopic (exact) mass is 276 g/mol. The van der Waals surface area contributed by atoms with Crippen molar-refractivity contribution in [2.75, 3.05) is 11.1 Å². The summed E-state index contributed by atoms with van der Waals surface area (Å²) in [6, 6.07) is 11.9. The Morgan fingerprint density at radius 1 is 1.26 bits per heavy atom. The fourth-order valence-corrected chi connectivity index (χ4v) is 1.69. The number of amides is 1. The van der Waals surface area contributed by atoms with Crippen LogP contribution in [0.25, 0.3) is 0 Å². The SMILES string of the molecule is Cc1ccc(OC(=O)Nc2cccc(Cl)c2)cc1N. The van der Waals surface area contributed by atoms with Crippen LogP contribution in [0.2, 0.25) is 5.02 Å². The number of anilines is 2. The largest absolute Gasteiger partial charge is 0.417 e. The molecular formula is C14H13ClN2O2. The van der Waals surface area contributed by atoms with E-state index < -0.39 is 6.09 Å². The Morgan fingerprint density at radius 2 is 2.05 bits per heavy atom. The van der Waals surface area contributed by atoms with Crippen molar-refractivity contribution in [3.05, 3.63) is 53.1 Å². The summed E-state index contributed by atoms with van der Waals surface area (Å²) in [6.45, 7) is 1.88. The number of hydrogen-bond acceptors (Lipinski definition) is 3. The van der Waals surface area contributed by atoms with Crippen molar-refractivity contribution in [3.8, 4) is 5.75 Å². The van der Waals surface area contributed by atoms with Gasteiger partial charge in [-0.15, -0.1) is 0 Å². The molecule has 4 nitrogen and oxygen atoms in total. The molecule has 0 radical (unpaired) electrons. The van der Waals surface area contributed by atoms with Gasteiger partial charge >= 0.3 is 6.09 Å². The van der Waals surface area contributed by atoms with Crippen LogP contribution >= 0.6 is 11.6 Å². The van der Waals surface area contributed by atoms with Gasteiger partial charge in [0.1, 0.15) is 5.75 Å². The van der Waals surface area contributed by atoms with Gasteiger partial charge in [0, 0.05) is 22.5 Å². The maximum atomic E-state index is 11.7. The molecule has 98 valence electrons. The molecule has 0 aromatic heterocycles. The molecule has 0 saturated heterocycles. The van der Waals surface area contributed by atoms with Gasteiger partial charge in [0.2, 0.25) is 0 Å². The van der Waals surface area contributed by atoms with Crippen molar-refractivity contribution in [3.63, 3.8) is 0 Å². The fourth-order valence-electron chi connectivity index (χ4n) is 1.50. The van der Waals surface area contributed by atoms with Gasteiger partial charge in [0.25, 0.3) is 0 Å². The molecule has 0 atom stereocenters. The number of aryl methyl sites for hydroxylation is 1. The zero-order valence-corrected chi connectivity index (χ0v) is 11.1. The highest BCUT2D eigenvalue weighted by Crippen LogP contribution is 2.20. The second-order valence-electron chi connectivity index (χ2n) is 4.04. The molecule has 0 aliphatic carbocycles. The van der Waals surface area contributed by atoms with Gasteiger partial charge in [-0.2, -0.15) is 0 Å². The minimum atomic E-state index is -0.592. The van der Waals surface area contributed by atoms with Crippen molar-refractivity contribution < 1.29 is 9.53 Å². The van der Waals surface area contributed by atoms with Gasteiger partial charge in [0.05, 0.1) is 0 Å². The Hall–Kier alpha value is -2.20. The van der Waals surface area contributed by atoms with Crippen LogP contribution in [0.15, 0.2) is 42.5 Å². The summed E-state index contributed by atoms with van der Waals surface area (Å²) in [4.78, 5) is 11.7. The number of hydrogen-bond donors (Lipinski definition) is 2. The molecular weight excluding hydrogens is 264 g/mol. The van der Waals surface area contributed by atoms with Crippen LogP contribution in [0.4, 0.5) is 16.2 Å². The number of halogens is 1. The van der Waals surface area contributed by atoms with Crippen molar-refractivity contribution in [2.45, 2.75) is 6.92 Å². The van der Waals surface area contributed by atoms with Crippen molar-refractivity contribution in [1.82, 2.24) is 0 Å². The maximum absolute atomic E-state index is 11.7. The lowest BCUT2D eigenvalue weighted by molar-refractivity contribution is 0.215. The highest BCUT2D eigenvalue weighted by molar-refractivity contribution is 6.30. The molecule has 0 heterocycles. The molecule has 3 N–H and O–H groups in total. The lowest BCUT2D eigenvalue weighted by Gasteiger charge is -2.08. The number of rotatable bonds is 2. The summed E-state index contributed by atoms with van der Waals surface area (Å²) in [5, 5.41) is 3.12. The summed E-state index contributed by atoms with van der Waals surface area (Å²) in [5.41, 5.74) is 7.82. The van der Waals surface area contributed by atoms with E-state index in [0.717, 1.165) is 5.56 Å². The number of ether oxygens (including phenoxy) is 1. The molecule has 5 heteroatoms. The topological polar surface area (TPSA) is 64.3 Å². The quantitative estimate of drug-likeness (QED) is 0.819. The first-order valence-corrected chi connectivity index (χ1v) is 6.03. The van der Waals surface area contributed by atoms with Gasteiger partial charge in [-0.3, -0.25) is 5.32 Å². The Morgan fingerprint density at radius 3 is 2.74 bits per heavy atom. The highest BCUT2D eigenvalue weighted by atomic mass is 35.5. The fraction of sp³-hybridized carbons (Fsp3) is 0.0714. The van der Waals surface area contributed by atoms with Crippen LogP contribution in [0.3, 0.4) is 0 Å². The lowest BCUT2D eigenvalue weighted by atomic mass is 10.2. The molecule has 0 saturated carbocycles. The Bertz CT molecular complexity index is 614. The second-order valence-corrected chi connectivity index (χ2v) is 4.48. The van der Waals surface area contributed by atoms with Crippen LogP contribution in [0.1, 0.15) is 5.56 Å². The van der Waals surface area contributed by atoms with Crippen molar-refractivity contribution in [1.29, 1.82) is 0 Å². The predicted octanol–water partition coefficient (Wildman–Crippen LogP) is 3.84. The third-order valence-electron chi connectivity index (χ3n) is 2.53. The smallest absolute Gasteiger partial charge is 0.410 e. The number of carbonyl (C=O) groups excluding carboxylic acids is 1. The molecule has 1 amide bonds. The average Bonchev–Trinajstić information content (AvgIpc) is 2.34. The van der Waals surface area contributed by atoms with E-state index in [9.17, 15) is 4.79 Å². The second kappa shape index (κ2) is 5.63. The third kappa shape index (κ3) is 3.63. The molecule has 0 fully saturated rings. The molecule has 19 heavy (non-hydrogen) atoms. The molecule has 0 aliphatic rings. The zero-order valence-electron chi connectivity index (χ0n) is 10.3. The predicted molar refractivity (Wildman–Crippen MR) is 76.7 cm³/mol. The van der Waals surface area contributed by atoms with E-state index in [2.05, 4.69) is 5.32 Å². The number of benzene rings is 2. The molecule has 2 rings (SSSR count). The summed E-state index contributed by atoms with van der Waals surface area (Å²) < 4.78 is 5.12. The van der Waals surface area contributed by atoms with Gasteiger partial charge in [-0.25, -0.2) is 4.79 Å². The summed E-state index contributed by atoms with van der Waals surface area (Å²) in [7, 11) is 0. The third-order valence-corrected chi connectivity index (χ3v) is 2.77. The van der Waals surface area contributed by atoms with E-state index in [1.165, 1.54) is 0 Å². The first-order chi connectivity index (χ1) is 9.04. The Labute approximate surface area is 116 Å². The minimum absolute atomic E-state index is 0.391. The summed E-state index contributed by atoms with van der Waals surface area (Å²) in [5.74, 6) is 0.391. The molecule has 0 spiro atoms. The average molecular weight is 277 g/mol. The van der Waals surface area contributed by atoms with E-state index in [1.807, 2.05) is 6.92 Å². The number of nitrogens with two attached hydrogens (primary N) is 1. The minimum Gasteiger partial charge on any atom is -0.410 e. The van der Waals surface area contributed by atoms with E-state index in [1.54, 1.807) is 42.5 Å². The van der Waals surface area contributed by atoms with E-state index in [-0.39, 0.29) is 0 Å². The molecule has 2 aromatic rings. The van der Waals surface area contributed by atoms with Crippen molar-refractivity contribution >= 4 is 29.1 Å². The normalized spacial score (nSPS) is 10.0. The maximum Gasteiger partial charge on any atom is 0.417 e. The van der Waals surface area contributed by atoms with Crippen LogP contribution < -0.4 is 15.8 Å². The van der Waals surface area contributed by atoms with Gasteiger partial charge < -0.3 is 10.5 Å². The van der Waals surface area contributed by atoms with Gasteiger partial charge in [-0.05, 0) is 36.8 Å². The van der Waals surface area contributed by atoms with Crippen LogP contribution in [-0.2, 0) is 0 Å². The number of nitrogen functional groups attached to an aromatic ring is 1. The van der Waals surface area contributed by atoms with E-state index in [4.69, 9.17) is 22.1 Å². The number of carbonyl (C=O) groups is 1. The first-order valence-electron chi connectivity index (χ1n) is 5.65. The lowest BCUT2D eigenvalue weighted by Crippen LogP contribution is -2.16. The molecule has 0 unspecified atom stereocenters. The van der Waals surface area contributed by atoms with E-state index in [0.29, 0.717) is 22.1 Å². The molecule has 0 aliphatic heterocycles. The van der Waals surface area contributed by atoms with Crippen LogP contribution in [-0.4, -0.2) is 6.09 Å².